The Kier molecular flexibility index (Phi) is 4.44. The normalized spacial score (nSPS) is 18.1. The Balaban J connectivity index is 0.00000128. The third kappa shape index (κ3) is 2.60. The topological polar surface area (TPSA) is 66.5 Å². The smallest absolute Gasteiger partial charge is 0.157 e. The second kappa shape index (κ2) is 5.41. The number of phenols is 2. The van der Waals surface area contributed by atoms with Crippen LogP contribution in [0.15, 0.2) is 18.2 Å². The van der Waals surface area contributed by atoms with Gasteiger partial charge in [-0.25, -0.2) is 0 Å². The molecular formula is C12H18ClNO2. The molecule has 4 N–H and O–H groups in total. The fourth-order valence-electron chi connectivity index (χ4n) is 2.34. The maximum Gasteiger partial charge on any atom is 0.157 e. The van der Waals surface area contributed by atoms with E-state index in [4.69, 9.17) is 5.73 Å². The average molecular weight is 244 g/mol. The molecule has 1 aliphatic rings. The van der Waals surface area contributed by atoms with Crippen molar-refractivity contribution in [2.75, 3.05) is 0 Å². The van der Waals surface area contributed by atoms with Gasteiger partial charge in [-0.05, 0) is 36.5 Å². The van der Waals surface area contributed by atoms with Crippen LogP contribution in [-0.2, 0) is 0 Å². The SMILES string of the molecule is Cl.N[C@H](c1ccc(O)c(O)c1)C1CCCC1. The van der Waals surface area contributed by atoms with Crippen LogP contribution in [0.25, 0.3) is 0 Å². The van der Waals surface area contributed by atoms with E-state index in [0.29, 0.717) is 5.92 Å². The van der Waals surface area contributed by atoms with Gasteiger partial charge in [0.15, 0.2) is 11.5 Å². The van der Waals surface area contributed by atoms with Crippen LogP contribution in [0.5, 0.6) is 11.5 Å². The summed E-state index contributed by atoms with van der Waals surface area (Å²) in [7, 11) is 0. The highest BCUT2D eigenvalue weighted by molar-refractivity contribution is 5.85. The lowest BCUT2D eigenvalue weighted by Crippen LogP contribution is -2.18. The second-order valence-corrected chi connectivity index (χ2v) is 4.32. The molecule has 3 nitrogen and oxygen atoms in total. The molecule has 2 rings (SSSR count). The molecular weight excluding hydrogens is 226 g/mol. The summed E-state index contributed by atoms with van der Waals surface area (Å²) in [4.78, 5) is 0. The van der Waals surface area contributed by atoms with Crippen molar-refractivity contribution in [3.8, 4) is 11.5 Å². The monoisotopic (exact) mass is 243 g/mol. The van der Waals surface area contributed by atoms with Gasteiger partial charge in [0.25, 0.3) is 0 Å². The number of nitrogens with two attached hydrogens (primary N) is 1. The summed E-state index contributed by atoms with van der Waals surface area (Å²) >= 11 is 0. The molecule has 0 radical (unpaired) electrons. The first-order valence-corrected chi connectivity index (χ1v) is 5.46. The quantitative estimate of drug-likeness (QED) is 0.700. The molecule has 1 fully saturated rings. The van der Waals surface area contributed by atoms with E-state index in [-0.39, 0.29) is 29.9 Å². The van der Waals surface area contributed by atoms with Crippen LogP contribution in [-0.4, -0.2) is 10.2 Å². The Morgan fingerprint density at radius 1 is 1.12 bits per heavy atom. The molecule has 0 bridgehead atoms. The molecule has 0 amide bonds. The first-order chi connectivity index (χ1) is 7.18. The zero-order chi connectivity index (χ0) is 10.8. The molecule has 1 saturated carbocycles. The molecule has 0 unspecified atom stereocenters. The van der Waals surface area contributed by atoms with Crippen LogP contribution in [0, 0.1) is 5.92 Å². The number of halogens is 1. The molecule has 1 atom stereocenters. The standard InChI is InChI=1S/C12H17NO2.ClH/c13-12(8-3-1-2-4-8)9-5-6-10(14)11(15)7-9;/h5-8,12,14-15H,1-4,13H2;1H/t12-;/m0./s1. The minimum atomic E-state index is -0.0858. The van der Waals surface area contributed by atoms with Crippen molar-refractivity contribution in [3.63, 3.8) is 0 Å². The van der Waals surface area contributed by atoms with Gasteiger partial charge in [-0.1, -0.05) is 18.9 Å². The van der Waals surface area contributed by atoms with E-state index >= 15 is 0 Å². The number of hydrogen-bond acceptors (Lipinski definition) is 3. The van der Waals surface area contributed by atoms with Crippen molar-refractivity contribution in [1.82, 2.24) is 0 Å². The van der Waals surface area contributed by atoms with E-state index < -0.39 is 0 Å². The van der Waals surface area contributed by atoms with E-state index in [1.807, 2.05) is 0 Å². The van der Waals surface area contributed by atoms with E-state index in [2.05, 4.69) is 0 Å². The van der Waals surface area contributed by atoms with Crippen molar-refractivity contribution in [2.45, 2.75) is 31.7 Å². The lowest BCUT2D eigenvalue weighted by atomic mass is 9.92. The molecule has 16 heavy (non-hydrogen) atoms. The van der Waals surface area contributed by atoms with E-state index in [0.717, 1.165) is 5.56 Å². The predicted octanol–water partition coefficient (Wildman–Crippen LogP) is 2.71. The lowest BCUT2D eigenvalue weighted by Gasteiger charge is -2.19. The molecule has 1 aromatic rings. The largest absolute Gasteiger partial charge is 0.504 e. The predicted molar refractivity (Wildman–Crippen MR) is 65.9 cm³/mol. The highest BCUT2D eigenvalue weighted by Crippen LogP contribution is 2.36. The molecule has 0 aromatic heterocycles. The maximum absolute atomic E-state index is 9.39. The van der Waals surface area contributed by atoms with Crippen molar-refractivity contribution in [2.24, 2.45) is 11.7 Å². The third-order valence-electron chi connectivity index (χ3n) is 3.29. The van der Waals surface area contributed by atoms with Crippen LogP contribution in [0.2, 0.25) is 0 Å². The van der Waals surface area contributed by atoms with Gasteiger partial charge in [0.1, 0.15) is 0 Å². The Bertz CT molecular complexity index is 351. The van der Waals surface area contributed by atoms with E-state index in [1.165, 1.54) is 31.7 Å². The summed E-state index contributed by atoms with van der Waals surface area (Å²) in [5.41, 5.74) is 7.04. The molecule has 0 saturated heterocycles. The number of benzene rings is 1. The summed E-state index contributed by atoms with van der Waals surface area (Å²) in [6.07, 6.45) is 4.84. The summed E-state index contributed by atoms with van der Waals surface area (Å²) < 4.78 is 0. The molecule has 1 aromatic carbocycles. The molecule has 0 spiro atoms. The fourth-order valence-corrected chi connectivity index (χ4v) is 2.34. The molecule has 0 heterocycles. The summed E-state index contributed by atoms with van der Waals surface area (Å²) in [6.45, 7) is 0. The van der Waals surface area contributed by atoms with Crippen LogP contribution in [0.4, 0.5) is 0 Å². The second-order valence-electron chi connectivity index (χ2n) is 4.32. The molecule has 1 aliphatic carbocycles. The van der Waals surface area contributed by atoms with Crippen molar-refractivity contribution in [3.05, 3.63) is 23.8 Å². The van der Waals surface area contributed by atoms with Gasteiger partial charge >= 0.3 is 0 Å². The highest BCUT2D eigenvalue weighted by Gasteiger charge is 2.23. The first-order valence-electron chi connectivity index (χ1n) is 5.46. The Morgan fingerprint density at radius 3 is 2.31 bits per heavy atom. The van der Waals surface area contributed by atoms with E-state index in [1.54, 1.807) is 12.1 Å². The Labute approximate surface area is 102 Å². The van der Waals surface area contributed by atoms with Gasteiger partial charge in [-0.15, -0.1) is 12.4 Å². The van der Waals surface area contributed by atoms with Crippen molar-refractivity contribution < 1.29 is 10.2 Å². The van der Waals surface area contributed by atoms with Crippen LogP contribution < -0.4 is 5.73 Å². The summed E-state index contributed by atoms with van der Waals surface area (Å²) in [6, 6.07) is 4.84. The van der Waals surface area contributed by atoms with Gasteiger partial charge in [0, 0.05) is 6.04 Å². The van der Waals surface area contributed by atoms with E-state index in [9.17, 15) is 10.2 Å². The van der Waals surface area contributed by atoms with Gasteiger partial charge < -0.3 is 15.9 Å². The maximum atomic E-state index is 9.39. The van der Waals surface area contributed by atoms with Crippen LogP contribution >= 0.6 is 12.4 Å². The third-order valence-corrected chi connectivity index (χ3v) is 3.29. The molecule has 90 valence electrons. The molecule has 0 aliphatic heterocycles. The average Bonchev–Trinajstić information content (AvgIpc) is 2.74. The van der Waals surface area contributed by atoms with Gasteiger partial charge in [0.2, 0.25) is 0 Å². The number of rotatable bonds is 2. The van der Waals surface area contributed by atoms with Gasteiger partial charge in [-0.2, -0.15) is 0 Å². The van der Waals surface area contributed by atoms with Crippen LogP contribution in [0.3, 0.4) is 0 Å². The minimum absolute atomic E-state index is 0. The zero-order valence-electron chi connectivity index (χ0n) is 9.10. The van der Waals surface area contributed by atoms with Crippen LogP contribution in [0.1, 0.15) is 37.3 Å². The first kappa shape index (κ1) is 13.1. The molecule has 4 heteroatoms. The van der Waals surface area contributed by atoms with Crippen molar-refractivity contribution >= 4 is 12.4 Å². The Morgan fingerprint density at radius 2 is 1.75 bits per heavy atom. The summed E-state index contributed by atoms with van der Waals surface area (Å²) in [5.74, 6) is 0.354. The summed E-state index contributed by atoms with van der Waals surface area (Å²) in [5, 5.41) is 18.6. The lowest BCUT2D eigenvalue weighted by molar-refractivity contribution is 0.398. The fraction of sp³-hybridized carbons (Fsp3) is 0.500. The number of hydrogen-bond donors (Lipinski definition) is 3. The number of phenolic OH excluding ortho intramolecular Hbond substituents is 2. The van der Waals surface area contributed by atoms with Crippen molar-refractivity contribution in [1.29, 1.82) is 0 Å². The minimum Gasteiger partial charge on any atom is -0.504 e. The highest BCUT2D eigenvalue weighted by atomic mass is 35.5. The van der Waals surface area contributed by atoms with Gasteiger partial charge in [0.05, 0.1) is 0 Å². The zero-order valence-corrected chi connectivity index (χ0v) is 9.91. The Hall–Kier alpha value is -0.930. The van der Waals surface area contributed by atoms with Gasteiger partial charge in [-0.3, -0.25) is 0 Å². The number of aromatic hydroxyl groups is 2.